The summed E-state index contributed by atoms with van der Waals surface area (Å²) in [5.74, 6) is 0.0200. The molecule has 1 saturated heterocycles. The molecule has 1 amide bonds. The molecule has 0 aliphatic carbocycles. The Morgan fingerprint density at radius 1 is 1.29 bits per heavy atom. The zero-order valence-corrected chi connectivity index (χ0v) is 16.1. The molecule has 1 heterocycles. The number of hydrogen-bond acceptors (Lipinski definition) is 5. The van der Waals surface area contributed by atoms with Crippen molar-refractivity contribution in [3.05, 3.63) is 0 Å². The van der Waals surface area contributed by atoms with Gasteiger partial charge in [0.1, 0.15) is 5.60 Å². The highest BCUT2D eigenvalue weighted by atomic mass is 16.6. The second kappa shape index (κ2) is 9.25. The number of carbonyl (C=O) groups excluding carboxylic acids is 2. The molecule has 140 valence electrons. The number of rotatable bonds is 6. The maximum atomic E-state index is 12.3. The van der Waals surface area contributed by atoms with E-state index < -0.39 is 5.60 Å². The Morgan fingerprint density at radius 2 is 1.96 bits per heavy atom. The highest BCUT2D eigenvalue weighted by molar-refractivity contribution is 5.75. The molecule has 24 heavy (non-hydrogen) atoms. The van der Waals surface area contributed by atoms with Gasteiger partial charge < -0.3 is 19.7 Å². The van der Waals surface area contributed by atoms with Gasteiger partial charge in [-0.2, -0.15) is 0 Å². The van der Waals surface area contributed by atoms with Gasteiger partial charge in [-0.25, -0.2) is 4.79 Å². The smallest absolute Gasteiger partial charge is 0.410 e. The van der Waals surface area contributed by atoms with E-state index in [4.69, 9.17) is 9.47 Å². The maximum absolute atomic E-state index is 12.3. The Labute approximate surface area is 146 Å². The molecule has 1 aliphatic heterocycles. The van der Waals surface area contributed by atoms with Crippen LogP contribution in [0.5, 0.6) is 0 Å². The number of piperidine rings is 1. The molecule has 6 heteroatoms. The molecule has 0 aromatic carbocycles. The molecule has 2 unspecified atom stereocenters. The van der Waals surface area contributed by atoms with Crippen molar-refractivity contribution < 1.29 is 19.1 Å². The van der Waals surface area contributed by atoms with Gasteiger partial charge in [-0.1, -0.05) is 13.8 Å². The lowest BCUT2D eigenvalue weighted by Gasteiger charge is -2.38. The van der Waals surface area contributed by atoms with E-state index in [1.807, 2.05) is 20.8 Å². The molecule has 2 atom stereocenters. The van der Waals surface area contributed by atoms with Crippen LogP contribution in [0.3, 0.4) is 0 Å². The van der Waals surface area contributed by atoms with Crippen LogP contribution in [-0.2, 0) is 14.3 Å². The Morgan fingerprint density at radius 3 is 2.50 bits per heavy atom. The summed E-state index contributed by atoms with van der Waals surface area (Å²) in [4.78, 5) is 26.2. The van der Waals surface area contributed by atoms with Crippen LogP contribution in [0.25, 0.3) is 0 Å². The van der Waals surface area contributed by atoms with Crippen LogP contribution in [0.2, 0.25) is 0 Å². The molecule has 0 spiro atoms. The molecule has 0 bridgehead atoms. The summed E-state index contributed by atoms with van der Waals surface area (Å²) in [6, 6.07) is 0.0430. The van der Waals surface area contributed by atoms with Crippen LogP contribution in [-0.4, -0.2) is 54.8 Å². The number of esters is 1. The fraction of sp³-hybridized carbons (Fsp3) is 0.889. The zero-order valence-electron chi connectivity index (χ0n) is 16.1. The SMILES string of the molecule is CCOC(=O)C1CN(C(=O)OC(C)(C)C)CCC1NCCC(C)C. The van der Waals surface area contributed by atoms with Crippen molar-refractivity contribution in [1.29, 1.82) is 0 Å². The number of ether oxygens (including phenoxy) is 2. The molecule has 0 aromatic heterocycles. The van der Waals surface area contributed by atoms with Gasteiger partial charge in [0.15, 0.2) is 0 Å². The molecule has 1 aliphatic rings. The van der Waals surface area contributed by atoms with E-state index in [2.05, 4.69) is 19.2 Å². The number of amides is 1. The lowest BCUT2D eigenvalue weighted by Crippen LogP contribution is -2.54. The van der Waals surface area contributed by atoms with Crippen molar-refractivity contribution in [2.45, 2.75) is 66.0 Å². The van der Waals surface area contributed by atoms with Gasteiger partial charge in [0, 0.05) is 19.1 Å². The van der Waals surface area contributed by atoms with Crippen molar-refractivity contribution in [2.24, 2.45) is 11.8 Å². The van der Waals surface area contributed by atoms with Gasteiger partial charge in [-0.3, -0.25) is 4.79 Å². The fourth-order valence-electron chi connectivity index (χ4n) is 2.73. The highest BCUT2D eigenvalue weighted by Crippen LogP contribution is 2.21. The first-order valence-electron chi connectivity index (χ1n) is 9.02. The summed E-state index contributed by atoms with van der Waals surface area (Å²) in [6.07, 6.45) is 1.42. The highest BCUT2D eigenvalue weighted by Gasteiger charge is 2.38. The first-order valence-corrected chi connectivity index (χ1v) is 9.02. The number of nitrogens with zero attached hydrogens (tertiary/aromatic N) is 1. The summed E-state index contributed by atoms with van der Waals surface area (Å²) < 4.78 is 10.6. The van der Waals surface area contributed by atoms with Crippen molar-refractivity contribution in [3.8, 4) is 0 Å². The molecule has 1 rings (SSSR count). The quantitative estimate of drug-likeness (QED) is 0.752. The Bertz CT molecular complexity index is 418. The lowest BCUT2D eigenvalue weighted by molar-refractivity contribution is -0.150. The molecule has 1 N–H and O–H groups in total. The predicted octanol–water partition coefficient (Wildman–Crippen LogP) is 2.81. The van der Waals surface area contributed by atoms with Gasteiger partial charge in [0.2, 0.25) is 0 Å². The van der Waals surface area contributed by atoms with Gasteiger partial charge in [-0.05, 0) is 53.0 Å². The monoisotopic (exact) mass is 342 g/mol. The molecule has 6 nitrogen and oxygen atoms in total. The average molecular weight is 342 g/mol. The van der Waals surface area contributed by atoms with E-state index in [-0.39, 0.29) is 24.0 Å². The maximum Gasteiger partial charge on any atom is 0.410 e. The molecule has 0 aromatic rings. The van der Waals surface area contributed by atoms with Crippen molar-refractivity contribution in [2.75, 3.05) is 26.2 Å². The summed E-state index contributed by atoms with van der Waals surface area (Å²) in [5.41, 5.74) is -0.539. The van der Waals surface area contributed by atoms with E-state index in [9.17, 15) is 9.59 Å². The third-order valence-corrected chi connectivity index (χ3v) is 3.98. The second-order valence-corrected chi connectivity index (χ2v) is 7.82. The molecular weight excluding hydrogens is 308 g/mol. The minimum atomic E-state index is -0.539. The number of hydrogen-bond donors (Lipinski definition) is 1. The van der Waals surface area contributed by atoms with E-state index in [0.717, 1.165) is 19.4 Å². The number of nitrogens with one attached hydrogen (secondary N) is 1. The van der Waals surface area contributed by atoms with Crippen LogP contribution in [0.15, 0.2) is 0 Å². The van der Waals surface area contributed by atoms with Crippen LogP contribution in [0, 0.1) is 11.8 Å². The molecule has 0 radical (unpaired) electrons. The average Bonchev–Trinajstić information content (AvgIpc) is 2.45. The lowest BCUT2D eigenvalue weighted by atomic mass is 9.92. The summed E-state index contributed by atoms with van der Waals surface area (Å²) in [7, 11) is 0. The van der Waals surface area contributed by atoms with Gasteiger partial charge in [-0.15, -0.1) is 0 Å². The minimum Gasteiger partial charge on any atom is -0.466 e. The van der Waals surface area contributed by atoms with Gasteiger partial charge >= 0.3 is 12.1 Å². The van der Waals surface area contributed by atoms with Crippen LogP contribution in [0.4, 0.5) is 4.79 Å². The molecule has 0 saturated carbocycles. The molecule has 1 fully saturated rings. The van der Waals surface area contributed by atoms with Crippen LogP contribution < -0.4 is 5.32 Å². The van der Waals surface area contributed by atoms with Crippen LogP contribution >= 0.6 is 0 Å². The Balaban J connectivity index is 2.69. The van der Waals surface area contributed by atoms with Gasteiger partial charge in [0.25, 0.3) is 0 Å². The van der Waals surface area contributed by atoms with E-state index in [1.165, 1.54) is 0 Å². The van der Waals surface area contributed by atoms with E-state index in [1.54, 1.807) is 11.8 Å². The normalized spacial score (nSPS) is 21.7. The summed E-state index contributed by atoms with van der Waals surface area (Å²) in [6.45, 7) is 13.8. The fourth-order valence-corrected chi connectivity index (χ4v) is 2.73. The first kappa shape index (κ1) is 20.7. The van der Waals surface area contributed by atoms with Crippen molar-refractivity contribution >= 4 is 12.1 Å². The third kappa shape index (κ3) is 7.07. The Hall–Kier alpha value is -1.30. The topological polar surface area (TPSA) is 67.9 Å². The Kier molecular flexibility index (Phi) is 8.00. The minimum absolute atomic E-state index is 0.0430. The number of carbonyl (C=O) groups is 2. The van der Waals surface area contributed by atoms with Gasteiger partial charge in [0.05, 0.1) is 12.5 Å². The third-order valence-electron chi connectivity index (χ3n) is 3.98. The summed E-state index contributed by atoms with van der Waals surface area (Å²) in [5, 5.41) is 3.47. The van der Waals surface area contributed by atoms with Crippen molar-refractivity contribution in [1.82, 2.24) is 10.2 Å². The number of likely N-dealkylation sites (tertiary alicyclic amines) is 1. The largest absolute Gasteiger partial charge is 0.466 e. The molecular formula is C18H34N2O4. The zero-order chi connectivity index (χ0) is 18.3. The van der Waals surface area contributed by atoms with Crippen molar-refractivity contribution in [3.63, 3.8) is 0 Å². The summed E-state index contributed by atoms with van der Waals surface area (Å²) >= 11 is 0. The standard InChI is InChI=1S/C18H34N2O4/c1-7-23-16(21)14-12-20(17(22)24-18(4,5)6)11-9-15(14)19-10-8-13(2)3/h13-15,19H,7-12H2,1-6H3. The second-order valence-electron chi connectivity index (χ2n) is 7.82. The predicted molar refractivity (Wildman–Crippen MR) is 93.8 cm³/mol. The van der Waals surface area contributed by atoms with E-state index in [0.29, 0.717) is 25.6 Å². The van der Waals surface area contributed by atoms with Crippen LogP contribution in [0.1, 0.15) is 54.4 Å². The van der Waals surface area contributed by atoms with E-state index >= 15 is 0 Å². The first-order chi connectivity index (χ1) is 11.1.